The van der Waals surface area contributed by atoms with Crippen molar-refractivity contribution in [2.24, 2.45) is 0 Å². The molecule has 42 heavy (non-hydrogen) atoms. The first kappa shape index (κ1) is 41.3. The first-order chi connectivity index (χ1) is 20.8. The minimum absolute atomic E-state index is 0.107. The van der Waals surface area contributed by atoms with Gasteiger partial charge in [-0.25, -0.2) is 0 Å². The maximum atomic E-state index is 11.9. The maximum Gasteiger partial charge on any atom is 0.305 e. The van der Waals surface area contributed by atoms with E-state index in [4.69, 9.17) is 23.7 Å². The van der Waals surface area contributed by atoms with E-state index in [2.05, 4.69) is 13.8 Å². The molecule has 0 heterocycles. The Labute approximate surface area is 261 Å². The number of carbonyl (C=O) groups is 1. The number of hydrogen-bond acceptors (Lipinski definition) is 6. The standard InChI is InChI=1S/C36H72O6/c1-3-5-7-9-11-12-13-14-15-16-17-18-19-20-22-24-29-42-36(37)26-25-28-39-31-33-41-35-34-40-32-30-38-27-23-21-10-8-6-4-2/h3-35H2,1-2H3. The highest BCUT2D eigenvalue weighted by Crippen LogP contribution is 2.14. The zero-order valence-corrected chi connectivity index (χ0v) is 28.3. The lowest BCUT2D eigenvalue weighted by molar-refractivity contribution is -0.144. The highest BCUT2D eigenvalue weighted by molar-refractivity contribution is 5.69. The molecule has 0 atom stereocenters. The van der Waals surface area contributed by atoms with E-state index >= 15 is 0 Å². The Kier molecular flexibility index (Phi) is 37.7. The van der Waals surface area contributed by atoms with Crippen LogP contribution < -0.4 is 0 Å². The number of carbonyl (C=O) groups excluding carboxylic acids is 1. The molecular formula is C36H72O6. The summed E-state index contributed by atoms with van der Waals surface area (Å²) in [6, 6.07) is 0. The Hall–Kier alpha value is -0.690. The summed E-state index contributed by atoms with van der Waals surface area (Å²) in [7, 11) is 0. The van der Waals surface area contributed by atoms with Gasteiger partial charge in [0.2, 0.25) is 0 Å². The van der Waals surface area contributed by atoms with Gasteiger partial charge in [-0.15, -0.1) is 0 Å². The van der Waals surface area contributed by atoms with E-state index in [1.165, 1.54) is 122 Å². The third kappa shape index (κ3) is 37.3. The molecule has 252 valence electrons. The van der Waals surface area contributed by atoms with Gasteiger partial charge in [0, 0.05) is 19.6 Å². The second-order valence-corrected chi connectivity index (χ2v) is 11.8. The molecule has 0 aromatic rings. The molecule has 0 spiro atoms. The van der Waals surface area contributed by atoms with Crippen molar-refractivity contribution in [3.63, 3.8) is 0 Å². The van der Waals surface area contributed by atoms with Gasteiger partial charge in [0.15, 0.2) is 0 Å². The quantitative estimate of drug-likeness (QED) is 0.0522. The van der Waals surface area contributed by atoms with Crippen LogP contribution in [0.25, 0.3) is 0 Å². The van der Waals surface area contributed by atoms with Gasteiger partial charge >= 0.3 is 5.97 Å². The summed E-state index contributed by atoms with van der Waals surface area (Å²) in [6.45, 7) is 9.96. The highest BCUT2D eigenvalue weighted by atomic mass is 16.6. The summed E-state index contributed by atoms with van der Waals surface area (Å²) in [5, 5.41) is 0. The summed E-state index contributed by atoms with van der Waals surface area (Å²) in [4.78, 5) is 11.9. The molecule has 6 nitrogen and oxygen atoms in total. The van der Waals surface area contributed by atoms with Crippen molar-refractivity contribution in [1.29, 1.82) is 0 Å². The average Bonchev–Trinajstić information content (AvgIpc) is 3.00. The second kappa shape index (κ2) is 38.3. The van der Waals surface area contributed by atoms with Gasteiger partial charge in [0.1, 0.15) is 0 Å². The number of esters is 1. The Bertz CT molecular complexity index is 501. The van der Waals surface area contributed by atoms with Gasteiger partial charge in [-0.2, -0.15) is 0 Å². The van der Waals surface area contributed by atoms with Gasteiger partial charge in [-0.05, 0) is 19.3 Å². The van der Waals surface area contributed by atoms with Gasteiger partial charge in [0.05, 0.1) is 46.2 Å². The molecule has 0 saturated heterocycles. The van der Waals surface area contributed by atoms with E-state index < -0.39 is 0 Å². The molecule has 0 rings (SSSR count). The molecule has 0 aliphatic heterocycles. The van der Waals surface area contributed by atoms with Gasteiger partial charge in [0.25, 0.3) is 0 Å². The lowest BCUT2D eigenvalue weighted by Crippen LogP contribution is -2.12. The molecule has 0 bridgehead atoms. The monoisotopic (exact) mass is 601 g/mol. The van der Waals surface area contributed by atoms with E-state index in [0.29, 0.717) is 65.7 Å². The lowest BCUT2D eigenvalue weighted by Gasteiger charge is -2.08. The molecule has 0 aliphatic carbocycles. The average molecular weight is 601 g/mol. The van der Waals surface area contributed by atoms with Crippen LogP contribution >= 0.6 is 0 Å². The molecule has 0 aromatic heterocycles. The molecule has 0 fully saturated rings. The molecule has 6 heteroatoms. The molecule has 0 aliphatic rings. The van der Waals surface area contributed by atoms with E-state index in [9.17, 15) is 4.79 Å². The van der Waals surface area contributed by atoms with Gasteiger partial charge in [-0.1, -0.05) is 142 Å². The Balaban J connectivity index is 3.14. The Morgan fingerprint density at radius 1 is 0.333 bits per heavy atom. The van der Waals surface area contributed by atoms with Crippen molar-refractivity contribution in [2.45, 2.75) is 168 Å². The number of ether oxygens (including phenoxy) is 5. The summed E-state index contributed by atoms with van der Waals surface area (Å²) in [5.74, 6) is -0.107. The third-order valence-electron chi connectivity index (χ3n) is 7.69. The van der Waals surface area contributed by atoms with E-state index in [-0.39, 0.29) is 5.97 Å². The predicted molar refractivity (Wildman–Crippen MR) is 176 cm³/mol. The Morgan fingerprint density at radius 3 is 1.00 bits per heavy atom. The van der Waals surface area contributed by atoms with Crippen molar-refractivity contribution in [1.82, 2.24) is 0 Å². The fourth-order valence-corrected chi connectivity index (χ4v) is 4.97. The number of hydrogen-bond donors (Lipinski definition) is 0. The summed E-state index contributed by atoms with van der Waals surface area (Å²) < 4.78 is 27.5. The van der Waals surface area contributed by atoms with E-state index in [1.54, 1.807) is 0 Å². The van der Waals surface area contributed by atoms with Crippen LogP contribution in [0.4, 0.5) is 0 Å². The smallest absolute Gasteiger partial charge is 0.305 e. The molecule has 0 amide bonds. The first-order valence-corrected chi connectivity index (χ1v) is 18.3. The summed E-state index contributed by atoms with van der Waals surface area (Å²) >= 11 is 0. The molecule has 0 N–H and O–H groups in total. The molecular weight excluding hydrogens is 528 g/mol. The van der Waals surface area contributed by atoms with Crippen LogP contribution in [0.1, 0.15) is 168 Å². The SMILES string of the molecule is CCCCCCCCCCCCCCCCCCOC(=O)CCCOCCOCCOCCOCCCCCCCC. The highest BCUT2D eigenvalue weighted by Gasteiger charge is 2.03. The summed E-state index contributed by atoms with van der Waals surface area (Å²) in [6.07, 6.45) is 30.4. The summed E-state index contributed by atoms with van der Waals surface area (Å²) in [5.41, 5.74) is 0. The zero-order valence-electron chi connectivity index (χ0n) is 28.3. The third-order valence-corrected chi connectivity index (χ3v) is 7.69. The fourth-order valence-electron chi connectivity index (χ4n) is 4.97. The van der Waals surface area contributed by atoms with Crippen LogP contribution in [0.3, 0.4) is 0 Å². The number of unbranched alkanes of at least 4 members (excludes halogenated alkanes) is 20. The maximum absolute atomic E-state index is 11.9. The minimum atomic E-state index is -0.107. The van der Waals surface area contributed by atoms with E-state index in [0.717, 1.165) is 25.9 Å². The van der Waals surface area contributed by atoms with Crippen LogP contribution in [0.15, 0.2) is 0 Å². The Morgan fingerprint density at radius 2 is 0.619 bits per heavy atom. The molecule has 0 aromatic carbocycles. The van der Waals surface area contributed by atoms with Crippen LogP contribution in [-0.2, 0) is 28.5 Å². The molecule has 0 saturated carbocycles. The van der Waals surface area contributed by atoms with Gasteiger partial charge < -0.3 is 23.7 Å². The van der Waals surface area contributed by atoms with Gasteiger partial charge in [-0.3, -0.25) is 4.79 Å². The lowest BCUT2D eigenvalue weighted by atomic mass is 10.0. The van der Waals surface area contributed by atoms with Crippen LogP contribution in [-0.4, -0.2) is 65.4 Å². The van der Waals surface area contributed by atoms with Crippen molar-refractivity contribution in [3.05, 3.63) is 0 Å². The fraction of sp³-hybridized carbons (Fsp3) is 0.972. The van der Waals surface area contributed by atoms with Crippen molar-refractivity contribution in [3.8, 4) is 0 Å². The molecule has 0 radical (unpaired) electrons. The predicted octanol–water partition coefficient (Wildman–Crippen LogP) is 10.00. The van der Waals surface area contributed by atoms with Crippen LogP contribution in [0.2, 0.25) is 0 Å². The first-order valence-electron chi connectivity index (χ1n) is 18.3. The number of rotatable bonds is 37. The largest absolute Gasteiger partial charge is 0.466 e. The van der Waals surface area contributed by atoms with Crippen molar-refractivity contribution < 1.29 is 28.5 Å². The van der Waals surface area contributed by atoms with Crippen LogP contribution in [0, 0.1) is 0 Å². The molecule has 0 unspecified atom stereocenters. The second-order valence-electron chi connectivity index (χ2n) is 11.8. The normalized spacial score (nSPS) is 11.4. The zero-order chi connectivity index (χ0) is 30.4. The van der Waals surface area contributed by atoms with Crippen molar-refractivity contribution >= 4 is 5.97 Å². The van der Waals surface area contributed by atoms with Crippen LogP contribution in [0.5, 0.6) is 0 Å². The van der Waals surface area contributed by atoms with Crippen molar-refractivity contribution in [2.75, 3.05) is 59.5 Å². The van der Waals surface area contributed by atoms with E-state index in [1.807, 2.05) is 0 Å². The topological polar surface area (TPSA) is 63.2 Å². The minimum Gasteiger partial charge on any atom is -0.466 e.